The summed E-state index contributed by atoms with van der Waals surface area (Å²) in [5.74, 6) is 0. The Hall–Kier alpha value is -1.42. The number of nitrogens with zero attached hydrogens (tertiary/aromatic N) is 1. The molecule has 2 rings (SSSR count). The molecule has 0 aliphatic carbocycles. The molecule has 1 fully saturated rings. The van der Waals surface area contributed by atoms with Crippen LogP contribution in [-0.2, 0) is 4.74 Å². The first-order valence-electron chi connectivity index (χ1n) is 8.68. The van der Waals surface area contributed by atoms with E-state index in [9.17, 15) is 4.79 Å². The van der Waals surface area contributed by atoms with Crippen molar-refractivity contribution in [3.05, 3.63) is 28.8 Å². The third-order valence-electron chi connectivity index (χ3n) is 4.30. The Morgan fingerprint density at radius 3 is 2.83 bits per heavy atom. The average molecular weight is 353 g/mol. The lowest BCUT2D eigenvalue weighted by molar-refractivity contribution is 0.0218. The molecule has 1 heterocycles. The van der Waals surface area contributed by atoms with Gasteiger partial charge >= 0.3 is 6.09 Å². The Labute approximate surface area is 150 Å². The van der Waals surface area contributed by atoms with E-state index >= 15 is 0 Å². The molecule has 1 aliphatic rings. The van der Waals surface area contributed by atoms with E-state index in [1.165, 1.54) is 0 Å². The summed E-state index contributed by atoms with van der Waals surface area (Å²) < 4.78 is 5.54. The Morgan fingerprint density at radius 2 is 2.17 bits per heavy atom. The highest BCUT2D eigenvalue weighted by molar-refractivity contribution is 6.31. The van der Waals surface area contributed by atoms with Gasteiger partial charge in [-0.1, -0.05) is 17.7 Å². The van der Waals surface area contributed by atoms with Crippen molar-refractivity contribution in [2.75, 3.05) is 11.9 Å². The van der Waals surface area contributed by atoms with E-state index in [2.05, 4.69) is 12.2 Å². The first kappa shape index (κ1) is 18.9. The Morgan fingerprint density at radius 1 is 1.46 bits per heavy atom. The largest absolute Gasteiger partial charge is 0.444 e. The lowest BCUT2D eigenvalue weighted by Crippen LogP contribution is -2.41. The van der Waals surface area contributed by atoms with E-state index in [1.807, 2.05) is 50.8 Å². The number of hydrogen-bond acceptors (Lipinski definition) is 3. The van der Waals surface area contributed by atoms with Crippen molar-refractivity contribution >= 4 is 23.4 Å². The molecule has 0 radical (unpaired) electrons. The molecule has 2 atom stereocenters. The summed E-state index contributed by atoms with van der Waals surface area (Å²) in [6, 6.07) is 6.36. The van der Waals surface area contributed by atoms with Gasteiger partial charge < -0.3 is 15.0 Å². The molecule has 2 unspecified atom stereocenters. The molecular weight excluding hydrogens is 324 g/mol. The molecule has 1 N–H and O–H groups in total. The van der Waals surface area contributed by atoms with E-state index in [-0.39, 0.29) is 18.2 Å². The number of carbonyl (C=O) groups excluding carboxylic acids is 1. The number of rotatable bonds is 4. The van der Waals surface area contributed by atoms with Gasteiger partial charge in [0.15, 0.2) is 0 Å². The van der Waals surface area contributed by atoms with Crippen LogP contribution in [0.15, 0.2) is 18.2 Å². The molecule has 1 saturated heterocycles. The van der Waals surface area contributed by atoms with Gasteiger partial charge in [-0.15, -0.1) is 0 Å². The molecule has 134 valence electrons. The van der Waals surface area contributed by atoms with E-state index in [1.54, 1.807) is 0 Å². The van der Waals surface area contributed by atoms with Crippen LogP contribution in [0.3, 0.4) is 0 Å². The number of halogens is 1. The zero-order chi connectivity index (χ0) is 17.9. The van der Waals surface area contributed by atoms with Crippen LogP contribution in [0.2, 0.25) is 5.02 Å². The summed E-state index contributed by atoms with van der Waals surface area (Å²) in [5.41, 5.74) is 1.66. The fourth-order valence-corrected chi connectivity index (χ4v) is 3.31. The van der Waals surface area contributed by atoms with Crippen LogP contribution < -0.4 is 5.32 Å². The minimum Gasteiger partial charge on any atom is -0.444 e. The number of ether oxygens (including phenoxy) is 1. The number of carbonyl (C=O) groups is 1. The molecular formula is C19H29ClN2O2. The van der Waals surface area contributed by atoms with Crippen LogP contribution in [-0.4, -0.2) is 35.2 Å². The summed E-state index contributed by atoms with van der Waals surface area (Å²) in [5, 5.41) is 4.29. The highest BCUT2D eigenvalue weighted by Gasteiger charge is 2.32. The fraction of sp³-hybridized carbons (Fsp3) is 0.632. The predicted octanol–water partition coefficient (Wildman–Crippen LogP) is 5.24. The summed E-state index contributed by atoms with van der Waals surface area (Å²) in [4.78, 5) is 14.3. The van der Waals surface area contributed by atoms with Gasteiger partial charge in [-0.05, 0) is 71.6 Å². The molecule has 1 aromatic carbocycles. The second kappa shape index (κ2) is 7.64. The van der Waals surface area contributed by atoms with Crippen LogP contribution in [0, 0.1) is 6.92 Å². The molecule has 4 nitrogen and oxygen atoms in total. The van der Waals surface area contributed by atoms with Crippen molar-refractivity contribution in [2.24, 2.45) is 0 Å². The maximum atomic E-state index is 12.4. The molecule has 5 heteroatoms. The zero-order valence-electron chi connectivity index (χ0n) is 15.4. The number of benzene rings is 1. The fourth-order valence-electron chi connectivity index (χ4n) is 3.14. The second-order valence-electron chi connectivity index (χ2n) is 7.66. The number of amides is 1. The van der Waals surface area contributed by atoms with Crippen LogP contribution in [0.25, 0.3) is 0 Å². The van der Waals surface area contributed by atoms with Crippen LogP contribution in [0.5, 0.6) is 0 Å². The van der Waals surface area contributed by atoms with Gasteiger partial charge in [-0.2, -0.15) is 0 Å². The summed E-state index contributed by atoms with van der Waals surface area (Å²) >= 11 is 6.18. The van der Waals surface area contributed by atoms with Gasteiger partial charge in [0.25, 0.3) is 0 Å². The maximum absolute atomic E-state index is 12.4. The first-order chi connectivity index (χ1) is 11.2. The van der Waals surface area contributed by atoms with E-state index in [0.29, 0.717) is 0 Å². The quantitative estimate of drug-likeness (QED) is 0.805. The average Bonchev–Trinajstić information content (AvgIpc) is 2.90. The molecule has 0 saturated carbocycles. The van der Waals surface area contributed by atoms with E-state index in [4.69, 9.17) is 16.3 Å². The SMILES string of the molecule is Cc1c(Cl)cccc1NC(C)CC1CCCN1C(=O)OC(C)(C)C. The highest BCUT2D eigenvalue weighted by Crippen LogP contribution is 2.27. The standard InChI is InChI=1S/C19H29ClN2O2/c1-13(21-17-10-6-9-16(20)14(17)2)12-15-8-7-11-22(15)18(23)24-19(3,4)5/h6,9-10,13,15,21H,7-8,11-12H2,1-5H3. The minimum atomic E-state index is -0.452. The van der Waals surface area contributed by atoms with Crippen molar-refractivity contribution in [3.8, 4) is 0 Å². The molecule has 0 spiro atoms. The normalized spacial score (nSPS) is 19.2. The zero-order valence-corrected chi connectivity index (χ0v) is 16.1. The molecule has 0 bridgehead atoms. The number of nitrogens with one attached hydrogen (secondary N) is 1. The molecule has 1 amide bonds. The summed E-state index contributed by atoms with van der Waals surface area (Å²) in [6.07, 6.45) is 2.76. The molecule has 1 aliphatic heterocycles. The number of anilines is 1. The van der Waals surface area contributed by atoms with Crippen molar-refractivity contribution in [1.29, 1.82) is 0 Å². The Balaban J connectivity index is 1.96. The lowest BCUT2D eigenvalue weighted by atomic mass is 10.1. The van der Waals surface area contributed by atoms with Gasteiger partial charge in [-0.25, -0.2) is 4.79 Å². The maximum Gasteiger partial charge on any atom is 0.410 e. The topological polar surface area (TPSA) is 41.6 Å². The van der Waals surface area contributed by atoms with Crippen molar-refractivity contribution in [3.63, 3.8) is 0 Å². The van der Waals surface area contributed by atoms with Crippen molar-refractivity contribution < 1.29 is 9.53 Å². The third kappa shape index (κ3) is 5.04. The van der Waals surface area contributed by atoms with Gasteiger partial charge in [0.1, 0.15) is 5.60 Å². The van der Waals surface area contributed by atoms with Crippen LogP contribution >= 0.6 is 11.6 Å². The van der Waals surface area contributed by atoms with E-state index in [0.717, 1.165) is 42.1 Å². The smallest absolute Gasteiger partial charge is 0.410 e. The molecule has 1 aromatic rings. The van der Waals surface area contributed by atoms with Crippen molar-refractivity contribution in [1.82, 2.24) is 4.90 Å². The van der Waals surface area contributed by atoms with Crippen LogP contribution in [0.1, 0.15) is 52.5 Å². The van der Waals surface area contributed by atoms with Gasteiger partial charge in [-0.3, -0.25) is 0 Å². The summed E-state index contributed by atoms with van der Waals surface area (Å²) in [7, 11) is 0. The lowest BCUT2D eigenvalue weighted by Gasteiger charge is -2.30. The monoisotopic (exact) mass is 352 g/mol. The highest BCUT2D eigenvalue weighted by atomic mass is 35.5. The minimum absolute atomic E-state index is 0.198. The number of hydrogen-bond donors (Lipinski definition) is 1. The molecule has 24 heavy (non-hydrogen) atoms. The van der Waals surface area contributed by atoms with Crippen LogP contribution in [0.4, 0.5) is 10.5 Å². The van der Waals surface area contributed by atoms with E-state index < -0.39 is 5.60 Å². The molecule has 0 aromatic heterocycles. The number of likely N-dealkylation sites (tertiary alicyclic amines) is 1. The second-order valence-corrected chi connectivity index (χ2v) is 8.07. The summed E-state index contributed by atoms with van der Waals surface area (Å²) in [6.45, 7) is 10.7. The van der Waals surface area contributed by atoms with Gasteiger partial charge in [0.05, 0.1) is 0 Å². The first-order valence-corrected chi connectivity index (χ1v) is 9.06. The van der Waals surface area contributed by atoms with Crippen molar-refractivity contribution in [2.45, 2.75) is 71.6 Å². The van der Waals surface area contributed by atoms with Gasteiger partial charge in [0, 0.05) is 29.3 Å². The Bertz CT molecular complexity index is 583. The third-order valence-corrected chi connectivity index (χ3v) is 4.71. The predicted molar refractivity (Wildman–Crippen MR) is 99.9 cm³/mol. The Kier molecular flexibility index (Phi) is 6.02. The van der Waals surface area contributed by atoms with Gasteiger partial charge in [0.2, 0.25) is 0 Å².